The van der Waals surface area contributed by atoms with Gasteiger partial charge in [-0.25, -0.2) is 4.79 Å². The Balaban J connectivity index is 1.90. The zero-order chi connectivity index (χ0) is 15.9. The summed E-state index contributed by atoms with van der Waals surface area (Å²) in [6, 6.07) is 8.03. The molecule has 2 rings (SSSR count). The largest absolute Gasteiger partial charge is 0.463 e. The molecular formula is C15H17IN2O3S. The fourth-order valence-corrected chi connectivity index (χ4v) is 3.25. The van der Waals surface area contributed by atoms with Gasteiger partial charge in [0, 0.05) is 22.3 Å². The van der Waals surface area contributed by atoms with Gasteiger partial charge in [0.05, 0.1) is 23.5 Å². The second kappa shape index (κ2) is 8.42. The van der Waals surface area contributed by atoms with Crippen LogP contribution < -0.4 is 5.32 Å². The lowest BCUT2D eigenvalue weighted by atomic mass is 10.3. The van der Waals surface area contributed by atoms with E-state index in [1.807, 2.05) is 24.3 Å². The first-order valence-electron chi connectivity index (χ1n) is 6.91. The minimum absolute atomic E-state index is 0.0185. The molecule has 0 radical (unpaired) electrons. The molecule has 0 spiro atoms. The van der Waals surface area contributed by atoms with Gasteiger partial charge in [0.2, 0.25) is 5.91 Å². The van der Waals surface area contributed by atoms with E-state index in [2.05, 4.69) is 27.9 Å². The molecule has 0 saturated carbocycles. The average molecular weight is 432 g/mol. The molecule has 1 aliphatic heterocycles. The number of carbonyl (C=O) groups excluding carboxylic acids is 2. The van der Waals surface area contributed by atoms with Crippen LogP contribution in [0.3, 0.4) is 0 Å². The highest BCUT2D eigenvalue weighted by molar-refractivity contribution is 14.1. The van der Waals surface area contributed by atoms with Crippen molar-refractivity contribution in [2.45, 2.75) is 6.92 Å². The predicted octanol–water partition coefficient (Wildman–Crippen LogP) is 2.68. The van der Waals surface area contributed by atoms with Crippen molar-refractivity contribution in [2.24, 2.45) is 0 Å². The molecule has 0 aliphatic carbocycles. The zero-order valence-electron chi connectivity index (χ0n) is 12.2. The number of benzene rings is 1. The first-order chi connectivity index (χ1) is 10.6. The van der Waals surface area contributed by atoms with Gasteiger partial charge in [-0.2, -0.15) is 0 Å². The number of ether oxygens (including phenoxy) is 1. The summed E-state index contributed by atoms with van der Waals surface area (Å²) >= 11 is 3.62. The summed E-state index contributed by atoms with van der Waals surface area (Å²) in [6.07, 6.45) is 1.39. The highest BCUT2D eigenvalue weighted by Gasteiger charge is 2.26. The summed E-state index contributed by atoms with van der Waals surface area (Å²) in [5.41, 5.74) is 1.01. The third-order valence-corrected chi connectivity index (χ3v) is 4.69. The van der Waals surface area contributed by atoms with Gasteiger partial charge in [-0.1, -0.05) is 11.8 Å². The number of thioether (sulfide) groups is 1. The van der Waals surface area contributed by atoms with E-state index in [1.165, 1.54) is 21.4 Å². The molecule has 5 nitrogen and oxygen atoms in total. The Morgan fingerprint density at radius 3 is 2.86 bits per heavy atom. The molecular weight excluding hydrogens is 415 g/mol. The molecule has 1 aromatic rings. The van der Waals surface area contributed by atoms with Crippen LogP contribution in [0.1, 0.15) is 6.92 Å². The highest BCUT2D eigenvalue weighted by Crippen LogP contribution is 2.28. The summed E-state index contributed by atoms with van der Waals surface area (Å²) in [5, 5.41) is 3.93. The molecule has 0 atom stereocenters. The summed E-state index contributed by atoms with van der Waals surface area (Å²) in [5.74, 6) is -0.0188. The Labute approximate surface area is 147 Å². The van der Waals surface area contributed by atoms with Gasteiger partial charge in [0.15, 0.2) is 0 Å². The van der Waals surface area contributed by atoms with E-state index in [9.17, 15) is 9.59 Å². The van der Waals surface area contributed by atoms with Crippen molar-refractivity contribution in [3.8, 4) is 0 Å². The van der Waals surface area contributed by atoms with Gasteiger partial charge in [-0.05, 0) is 53.8 Å². The Bertz CT molecular complexity index is 575. The number of hydrogen-bond donors (Lipinski definition) is 1. The number of nitrogens with one attached hydrogen (secondary N) is 1. The minimum Gasteiger partial charge on any atom is -0.463 e. The number of anilines is 1. The maximum Gasteiger partial charge on any atom is 0.333 e. The lowest BCUT2D eigenvalue weighted by Crippen LogP contribution is -2.30. The summed E-state index contributed by atoms with van der Waals surface area (Å²) in [4.78, 5) is 25.0. The standard InChI is InChI=1S/C15H17IN2O3S/c1-2-21-15(20)9-14-18(13(19)10-22-14)8-7-17-12-5-3-11(16)4-6-12/h3-6,9,17H,2,7-8,10H2,1H3/b14-9-. The molecule has 1 fully saturated rings. The van der Waals surface area contributed by atoms with Crippen LogP contribution in [0, 0.1) is 3.57 Å². The predicted molar refractivity (Wildman–Crippen MR) is 96.5 cm³/mol. The first kappa shape index (κ1) is 17.1. The highest BCUT2D eigenvalue weighted by atomic mass is 127. The van der Waals surface area contributed by atoms with E-state index in [0.717, 1.165) is 5.69 Å². The van der Waals surface area contributed by atoms with Crippen molar-refractivity contribution in [3.05, 3.63) is 38.9 Å². The van der Waals surface area contributed by atoms with Crippen LogP contribution in [0.15, 0.2) is 35.4 Å². The van der Waals surface area contributed by atoms with Crippen LogP contribution in [0.25, 0.3) is 0 Å². The van der Waals surface area contributed by atoms with Gasteiger partial charge in [0.1, 0.15) is 0 Å². The SMILES string of the molecule is CCOC(=O)/C=C1\SCC(=O)N1CCNc1ccc(I)cc1. The van der Waals surface area contributed by atoms with Gasteiger partial charge in [-0.15, -0.1) is 0 Å². The molecule has 1 aliphatic rings. The lowest BCUT2D eigenvalue weighted by Gasteiger charge is -2.17. The molecule has 0 bridgehead atoms. The molecule has 7 heteroatoms. The topological polar surface area (TPSA) is 58.6 Å². The van der Waals surface area contributed by atoms with E-state index in [-0.39, 0.29) is 5.91 Å². The lowest BCUT2D eigenvalue weighted by molar-refractivity contribution is -0.137. The fraction of sp³-hybridized carbons (Fsp3) is 0.333. The molecule has 0 aromatic heterocycles. The van der Waals surface area contributed by atoms with Crippen LogP contribution >= 0.6 is 34.4 Å². The van der Waals surface area contributed by atoms with Crippen LogP contribution in [0.5, 0.6) is 0 Å². The molecule has 118 valence electrons. The number of rotatable bonds is 6. The quantitative estimate of drug-likeness (QED) is 0.426. The smallest absolute Gasteiger partial charge is 0.333 e. The van der Waals surface area contributed by atoms with Crippen LogP contribution in [-0.2, 0) is 14.3 Å². The number of hydrogen-bond acceptors (Lipinski definition) is 5. The van der Waals surface area contributed by atoms with E-state index in [0.29, 0.717) is 30.5 Å². The number of amides is 1. The monoisotopic (exact) mass is 432 g/mol. The maximum absolute atomic E-state index is 11.9. The second-order valence-electron chi connectivity index (χ2n) is 4.50. The maximum atomic E-state index is 11.9. The number of nitrogens with zero attached hydrogens (tertiary/aromatic N) is 1. The molecule has 1 saturated heterocycles. The van der Waals surface area contributed by atoms with Crippen molar-refractivity contribution >= 4 is 51.9 Å². The number of carbonyl (C=O) groups is 2. The first-order valence-corrected chi connectivity index (χ1v) is 8.97. The fourth-order valence-electron chi connectivity index (χ4n) is 1.93. The van der Waals surface area contributed by atoms with E-state index < -0.39 is 5.97 Å². The Kier molecular flexibility index (Phi) is 6.56. The van der Waals surface area contributed by atoms with E-state index in [1.54, 1.807) is 11.8 Å². The second-order valence-corrected chi connectivity index (χ2v) is 6.74. The molecule has 1 heterocycles. The molecule has 1 N–H and O–H groups in total. The van der Waals surface area contributed by atoms with E-state index >= 15 is 0 Å². The van der Waals surface area contributed by atoms with Gasteiger partial charge in [0.25, 0.3) is 0 Å². The van der Waals surface area contributed by atoms with Gasteiger partial charge < -0.3 is 15.0 Å². The van der Waals surface area contributed by atoms with Crippen molar-refractivity contribution < 1.29 is 14.3 Å². The number of halogens is 1. The van der Waals surface area contributed by atoms with Crippen LogP contribution in [0.2, 0.25) is 0 Å². The third kappa shape index (κ3) is 4.91. The summed E-state index contributed by atoms with van der Waals surface area (Å²) < 4.78 is 6.06. The Hall–Kier alpha value is -1.22. The normalized spacial score (nSPS) is 16.2. The molecule has 0 unspecified atom stereocenters. The Morgan fingerprint density at radius 1 is 1.45 bits per heavy atom. The van der Waals surface area contributed by atoms with Crippen molar-refractivity contribution in [2.75, 3.05) is 30.8 Å². The summed E-state index contributed by atoms with van der Waals surface area (Å²) in [7, 11) is 0. The van der Waals surface area contributed by atoms with E-state index in [4.69, 9.17) is 4.74 Å². The van der Waals surface area contributed by atoms with Crippen molar-refractivity contribution in [1.82, 2.24) is 4.90 Å². The Morgan fingerprint density at radius 2 is 2.18 bits per heavy atom. The third-order valence-electron chi connectivity index (χ3n) is 2.95. The number of esters is 1. The molecule has 1 aromatic carbocycles. The average Bonchev–Trinajstić information content (AvgIpc) is 2.82. The van der Waals surface area contributed by atoms with Crippen molar-refractivity contribution in [3.63, 3.8) is 0 Å². The van der Waals surface area contributed by atoms with Gasteiger partial charge in [-0.3, -0.25) is 4.79 Å². The molecule has 22 heavy (non-hydrogen) atoms. The van der Waals surface area contributed by atoms with Gasteiger partial charge >= 0.3 is 5.97 Å². The van der Waals surface area contributed by atoms with Crippen LogP contribution in [0.4, 0.5) is 5.69 Å². The van der Waals surface area contributed by atoms with Crippen LogP contribution in [-0.4, -0.2) is 42.2 Å². The zero-order valence-corrected chi connectivity index (χ0v) is 15.1. The molecule has 1 amide bonds. The summed E-state index contributed by atoms with van der Waals surface area (Å²) in [6.45, 7) is 3.22. The minimum atomic E-state index is -0.407. The van der Waals surface area contributed by atoms with Crippen molar-refractivity contribution in [1.29, 1.82) is 0 Å².